The molecule has 0 unspecified atom stereocenters. The summed E-state index contributed by atoms with van der Waals surface area (Å²) < 4.78 is 7.86. The van der Waals surface area contributed by atoms with Crippen molar-refractivity contribution in [2.45, 2.75) is 45.4 Å². The minimum Gasteiger partial charge on any atom is -0.494 e. The molecule has 4 rings (SSSR count). The number of aromatic amines is 1. The van der Waals surface area contributed by atoms with Crippen molar-refractivity contribution in [3.8, 4) is 11.7 Å². The van der Waals surface area contributed by atoms with E-state index in [9.17, 15) is 0 Å². The van der Waals surface area contributed by atoms with Crippen molar-refractivity contribution >= 4 is 23.2 Å². The van der Waals surface area contributed by atoms with E-state index in [1.165, 1.54) is 32.1 Å². The molecule has 0 saturated heterocycles. The topological polar surface area (TPSA) is 41.8 Å². The van der Waals surface area contributed by atoms with Gasteiger partial charge in [0.1, 0.15) is 11.3 Å². The molecule has 2 aromatic carbocycles. The van der Waals surface area contributed by atoms with E-state index in [1.807, 2.05) is 41.2 Å². The number of nitrogens with one attached hydrogen (secondary N) is 1. The first-order valence-electron chi connectivity index (χ1n) is 11.7. The first kappa shape index (κ1) is 21.8. The van der Waals surface area contributed by atoms with Crippen LogP contribution >= 0.6 is 0 Å². The molecule has 0 radical (unpaired) electrons. The molecule has 2 heterocycles. The van der Waals surface area contributed by atoms with E-state index in [2.05, 4.69) is 65.4 Å². The molecule has 32 heavy (non-hydrogen) atoms. The van der Waals surface area contributed by atoms with Crippen LogP contribution in [-0.2, 0) is 0 Å². The van der Waals surface area contributed by atoms with Crippen LogP contribution in [0.25, 0.3) is 29.1 Å². The Morgan fingerprint density at radius 2 is 1.50 bits per heavy atom. The van der Waals surface area contributed by atoms with Crippen LogP contribution in [0.2, 0.25) is 0 Å². The van der Waals surface area contributed by atoms with Gasteiger partial charge in [0.15, 0.2) is 5.52 Å². The Morgan fingerprint density at radius 1 is 0.812 bits per heavy atom. The number of para-hydroxylation sites is 2. The van der Waals surface area contributed by atoms with Crippen molar-refractivity contribution in [3.63, 3.8) is 0 Å². The fraction of sp³-hybridized carbons (Fsp3) is 0.286. The van der Waals surface area contributed by atoms with E-state index in [0.29, 0.717) is 0 Å². The van der Waals surface area contributed by atoms with Gasteiger partial charge in [0.2, 0.25) is 0 Å². The zero-order valence-electron chi connectivity index (χ0n) is 18.8. The number of fused-ring (bicyclic) bond motifs is 1. The highest BCUT2D eigenvalue weighted by atomic mass is 16.5. The van der Waals surface area contributed by atoms with E-state index in [0.717, 1.165) is 46.9 Å². The highest BCUT2D eigenvalue weighted by molar-refractivity contribution is 5.75. The Balaban J connectivity index is 1.27. The lowest BCUT2D eigenvalue weighted by atomic mass is 10.1. The normalized spacial score (nSPS) is 11.4. The molecule has 0 aliphatic rings. The second-order valence-corrected chi connectivity index (χ2v) is 8.13. The van der Waals surface area contributed by atoms with Crippen LogP contribution in [-0.4, -0.2) is 16.6 Å². The number of H-pyrrole nitrogens is 1. The largest absolute Gasteiger partial charge is 0.494 e. The van der Waals surface area contributed by atoms with Gasteiger partial charge in [-0.15, -0.1) is 0 Å². The second kappa shape index (κ2) is 11.3. The minimum atomic E-state index is 0.802. The number of rotatable bonds is 11. The van der Waals surface area contributed by atoms with Crippen LogP contribution < -0.4 is 9.30 Å². The van der Waals surface area contributed by atoms with Crippen molar-refractivity contribution in [1.82, 2.24) is 9.97 Å². The highest BCUT2D eigenvalue weighted by Gasteiger charge is 2.12. The third kappa shape index (κ3) is 6.07. The standard InChI is InChI=1S/C28H32N3O/c1-2-3-4-5-6-9-22-32-25-16-14-23(15-17-25)12-13-24-18-20-31(21-19-24)28-29-26-10-7-8-11-27(26)30-28/h7-8,10-21H,2-6,9,22H2,1H3,(H,29,30)/q+1/b13-12+. The number of unbranched alkanes of at least 4 members (excludes halogenated alkanes) is 5. The number of nitrogens with zero attached hydrogens (tertiary/aromatic N) is 2. The van der Waals surface area contributed by atoms with Gasteiger partial charge in [-0.05, 0) is 53.9 Å². The smallest absolute Gasteiger partial charge is 0.401 e. The summed E-state index contributed by atoms with van der Waals surface area (Å²) in [6.45, 7) is 3.05. The number of benzene rings is 2. The van der Waals surface area contributed by atoms with Crippen molar-refractivity contribution in [2.75, 3.05) is 6.61 Å². The van der Waals surface area contributed by atoms with E-state index in [4.69, 9.17) is 4.74 Å². The molecule has 4 nitrogen and oxygen atoms in total. The number of imidazole rings is 1. The lowest BCUT2D eigenvalue weighted by Gasteiger charge is -2.06. The number of hydrogen-bond donors (Lipinski definition) is 1. The van der Waals surface area contributed by atoms with Gasteiger partial charge < -0.3 is 4.74 Å². The summed E-state index contributed by atoms with van der Waals surface area (Å²) in [5.74, 6) is 1.76. The number of aromatic nitrogens is 3. The fourth-order valence-corrected chi connectivity index (χ4v) is 3.69. The third-order valence-electron chi connectivity index (χ3n) is 5.59. The molecule has 0 atom stereocenters. The molecule has 0 fully saturated rings. The summed E-state index contributed by atoms with van der Waals surface area (Å²) in [6.07, 6.45) is 16.0. The Kier molecular flexibility index (Phi) is 7.69. The lowest BCUT2D eigenvalue weighted by Crippen LogP contribution is -2.30. The molecular formula is C28H32N3O+. The Bertz CT molecular complexity index is 1090. The van der Waals surface area contributed by atoms with Crippen molar-refractivity contribution in [1.29, 1.82) is 0 Å². The van der Waals surface area contributed by atoms with Gasteiger partial charge in [-0.25, -0.2) is 9.55 Å². The summed E-state index contributed by atoms with van der Waals surface area (Å²) >= 11 is 0. The van der Waals surface area contributed by atoms with Gasteiger partial charge in [0.25, 0.3) is 0 Å². The molecule has 164 valence electrons. The molecule has 0 saturated carbocycles. The van der Waals surface area contributed by atoms with Crippen LogP contribution in [0.1, 0.15) is 56.6 Å². The maximum absolute atomic E-state index is 5.87. The molecule has 2 aromatic heterocycles. The Labute approximate surface area is 190 Å². The van der Waals surface area contributed by atoms with E-state index < -0.39 is 0 Å². The van der Waals surface area contributed by atoms with Gasteiger partial charge >= 0.3 is 5.95 Å². The van der Waals surface area contributed by atoms with Crippen LogP contribution in [0.5, 0.6) is 5.75 Å². The summed E-state index contributed by atoms with van der Waals surface area (Å²) in [4.78, 5) is 7.98. The van der Waals surface area contributed by atoms with Crippen LogP contribution in [0.3, 0.4) is 0 Å². The molecule has 4 heteroatoms. The average molecular weight is 427 g/mol. The van der Waals surface area contributed by atoms with Gasteiger partial charge in [0.05, 0.1) is 19.0 Å². The summed E-state index contributed by atoms with van der Waals surface area (Å²) in [6, 6.07) is 20.5. The monoisotopic (exact) mass is 426 g/mol. The molecule has 4 aromatic rings. The minimum absolute atomic E-state index is 0.802. The first-order valence-corrected chi connectivity index (χ1v) is 11.7. The number of ether oxygens (including phenoxy) is 1. The van der Waals surface area contributed by atoms with Crippen molar-refractivity contribution < 1.29 is 9.30 Å². The molecule has 1 N–H and O–H groups in total. The van der Waals surface area contributed by atoms with Crippen LogP contribution in [0.15, 0.2) is 73.1 Å². The van der Waals surface area contributed by atoms with Gasteiger partial charge in [0, 0.05) is 0 Å². The Hall–Kier alpha value is -3.40. The fourth-order valence-electron chi connectivity index (χ4n) is 3.69. The second-order valence-electron chi connectivity index (χ2n) is 8.13. The van der Waals surface area contributed by atoms with Crippen LogP contribution in [0, 0.1) is 0 Å². The molecule has 0 bridgehead atoms. The molecule has 0 amide bonds. The predicted molar refractivity (Wildman–Crippen MR) is 132 cm³/mol. The third-order valence-corrected chi connectivity index (χ3v) is 5.59. The number of pyridine rings is 1. The summed E-state index contributed by atoms with van der Waals surface area (Å²) in [5.41, 5.74) is 4.31. The van der Waals surface area contributed by atoms with Crippen molar-refractivity contribution in [3.05, 3.63) is 84.2 Å². The zero-order valence-corrected chi connectivity index (χ0v) is 18.8. The van der Waals surface area contributed by atoms with Gasteiger partial charge in [-0.2, -0.15) is 0 Å². The number of hydrogen-bond acceptors (Lipinski definition) is 2. The average Bonchev–Trinajstić information content (AvgIpc) is 3.28. The first-order chi connectivity index (χ1) is 15.8. The van der Waals surface area contributed by atoms with Crippen LogP contribution in [0.4, 0.5) is 0 Å². The molecular weight excluding hydrogens is 394 g/mol. The molecule has 0 aliphatic heterocycles. The zero-order chi connectivity index (χ0) is 22.0. The predicted octanol–water partition coefficient (Wildman–Crippen LogP) is 6.75. The Morgan fingerprint density at radius 3 is 2.25 bits per heavy atom. The van der Waals surface area contributed by atoms with Gasteiger partial charge in [-0.3, -0.25) is 0 Å². The van der Waals surface area contributed by atoms with E-state index in [-0.39, 0.29) is 0 Å². The quantitative estimate of drug-likeness (QED) is 0.213. The molecule has 0 aliphatic carbocycles. The maximum Gasteiger partial charge on any atom is 0.401 e. The summed E-state index contributed by atoms with van der Waals surface area (Å²) in [5, 5.41) is 0. The van der Waals surface area contributed by atoms with E-state index >= 15 is 0 Å². The van der Waals surface area contributed by atoms with Crippen molar-refractivity contribution in [2.24, 2.45) is 0 Å². The van der Waals surface area contributed by atoms with E-state index in [1.54, 1.807) is 0 Å². The lowest BCUT2D eigenvalue weighted by molar-refractivity contribution is -0.603. The van der Waals surface area contributed by atoms with Gasteiger partial charge in [-0.1, -0.05) is 80.4 Å². The molecule has 0 spiro atoms. The SMILES string of the molecule is CCCCCCCCOc1ccc(/C=C/c2cc[n+](-c3nc4ccccc4[nH]3)cc2)cc1. The highest BCUT2D eigenvalue weighted by Crippen LogP contribution is 2.16. The maximum atomic E-state index is 5.87. The summed E-state index contributed by atoms with van der Waals surface area (Å²) in [7, 11) is 0.